The molecule has 7 heteroatoms. The summed E-state index contributed by atoms with van der Waals surface area (Å²) in [5.41, 5.74) is 2.21. The fourth-order valence-corrected chi connectivity index (χ4v) is 5.47. The summed E-state index contributed by atoms with van der Waals surface area (Å²) in [5.74, 6) is 2.63. The molecule has 154 valence electrons. The molecule has 0 amide bonds. The maximum absolute atomic E-state index is 11.9. The lowest BCUT2D eigenvalue weighted by atomic mass is 10.1. The molecule has 1 fully saturated rings. The van der Waals surface area contributed by atoms with E-state index in [9.17, 15) is 13.5 Å². The van der Waals surface area contributed by atoms with Crippen molar-refractivity contribution in [1.82, 2.24) is 4.90 Å². The zero-order valence-electron chi connectivity index (χ0n) is 16.7. The molecule has 6 nitrogen and oxygen atoms in total. The molecule has 0 spiro atoms. The van der Waals surface area contributed by atoms with Crippen LogP contribution in [0.25, 0.3) is 0 Å². The van der Waals surface area contributed by atoms with Crippen molar-refractivity contribution in [1.29, 1.82) is 0 Å². The quantitative estimate of drug-likeness (QED) is 0.725. The Morgan fingerprint density at radius 2 is 1.93 bits per heavy atom. The molecule has 0 bridgehead atoms. The van der Waals surface area contributed by atoms with Gasteiger partial charge in [0.15, 0.2) is 9.84 Å². The minimum Gasteiger partial charge on any atom is -0.491 e. The average molecular weight is 408 g/mol. The lowest BCUT2D eigenvalue weighted by Crippen LogP contribution is -2.42. The van der Waals surface area contributed by atoms with E-state index in [1.54, 1.807) is 0 Å². The first-order chi connectivity index (χ1) is 13.2. The van der Waals surface area contributed by atoms with E-state index in [0.29, 0.717) is 19.5 Å². The lowest BCUT2D eigenvalue weighted by molar-refractivity contribution is 0.0496. The Balaban J connectivity index is 1.64. The van der Waals surface area contributed by atoms with Gasteiger partial charge in [0, 0.05) is 12.6 Å². The summed E-state index contributed by atoms with van der Waals surface area (Å²) in [7, 11) is -3.01. The SMILES string of the molecule is Cc1cc(C)cc(OCC(O)CN(Cc2ccc(C)o2)C2CCS(=O)(=O)C2)c1. The maximum Gasteiger partial charge on any atom is 0.151 e. The van der Waals surface area contributed by atoms with Crippen LogP contribution >= 0.6 is 0 Å². The van der Waals surface area contributed by atoms with Gasteiger partial charge in [0.25, 0.3) is 0 Å². The van der Waals surface area contributed by atoms with Crippen LogP contribution in [0.4, 0.5) is 0 Å². The summed E-state index contributed by atoms with van der Waals surface area (Å²) in [6.45, 7) is 6.82. The number of sulfone groups is 1. The molecule has 2 atom stereocenters. The summed E-state index contributed by atoms with van der Waals surface area (Å²) in [4.78, 5) is 2.00. The van der Waals surface area contributed by atoms with Crippen LogP contribution in [0.1, 0.15) is 29.1 Å². The van der Waals surface area contributed by atoms with Gasteiger partial charge in [-0.25, -0.2) is 8.42 Å². The number of hydrogen-bond acceptors (Lipinski definition) is 6. The standard InChI is InChI=1S/C21H29NO5S/c1-15-8-16(2)10-21(9-15)26-13-19(23)11-22(12-20-5-4-17(3)27-20)18-6-7-28(24,25)14-18/h4-5,8-10,18-19,23H,6-7,11-14H2,1-3H3. The number of rotatable bonds is 8. The van der Waals surface area contributed by atoms with Crippen molar-refractivity contribution in [3.63, 3.8) is 0 Å². The Morgan fingerprint density at radius 3 is 2.50 bits per heavy atom. The second-order valence-corrected chi connectivity index (χ2v) is 10.0. The van der Waals surface area contributed by atoms with Gasteiger partial charge in [0.05, 0.1) is 18.1 Å². The van der Waals surface area contributed by atoms with Gasteiger partial charge in [-0.1, -0.05) is 6.07 Å². The number of benzene rings is 1. The lowest BCUT2D eigenvalue weighted by Gasteiger charge is -2.29. The van der Waals surface area contributed by atoms with E-state index >= 15 is 0 Å². The van der Waals surface area contributed by atoms with E-state index in [1.165, 1.54) is 0 Å². The number of ether oxygens (including phenoxy) is 1. The van der Waals surface area contributed by atoms with Gasteiger partial charge in [-0.2, -0.15) is 0 Å². The van der Waals surface area contributed by atoms with Crippen molar-refractivity contribution < 1.29 is 22.7 Å². The highest BCUT2D eigenvalue weighted by molar-refractivity contribution is 7.91. The Bertz CT molecular complexity index is 885. The van der Waals surface area contributed by atoms with E-state index < -0.39 is 15.9 Å². The third kappa shape index (κ3) is 5.83. The van der Waals surface area contributed by atoms with Crippen LogP contribution in [-0.4, -0.2) is 55.2 Å². The molecule has 1 saturated heterocycles. The third-order valence-corrected chi connectivity index (χ3v) is 6.71. The van der Waals surface area contributed by atoms with Crippen LogP contribution in [0.3, 0.4) is 0 Å². The first-order valence-corrected chi connectivity index (χ1v) is 11.4. The van der Waals surface area contributed by atoms with Crippen molar-refractivity contribution in [2.24, 2.45) is 0 Å². The molecular formula is C21H29NO5S. The number of nitrogens with zero attached hydrogens (tertiary/aromatic N) is 1. The van der Waals surface area contributed by atoms with Gasteiger partial charge < -0.3 is 14.3 Å². The Morgan fingerprint density at radius 1 is 1.21 bits per heavy atom. The largest absolute Gasteiger partial charge is 0.491 e. The number of aliphatic hydroxyl groups is 1. The zero-order valence-corrected chi connectivity index (χ0v) is 17.5. The molecule has 1 aromatic carbocycles. The Hall–Kier alpha value is -1.83. The van der Waals surface area contributed by atoms with E-state index in [-0.39, 0.29) is 24.2 Å². The predicted molar refractivity (Wildman–Crippen MR) is 108 cm³/mol. The minimum absolute atomic E-state index is 0.119. The van der Waals surface area contributed by atoms with Crippen molar-refractivity contribution in [3.8, 4) is 5.75 Å². The number of aliphatic hydroxyl groups excluding tert-OH is 1. The molecule has 2 heterocycles. The van der Waals surface area contributed by atoms with Crippen LogP contribution in [0.2, 0.25) is 0 Å². The maximum atomic E-state index is 11.9. The second kappa shape index (κ2) is 8.68. The molecule has 1 aliphatic rings. The van der Waals surface area contributed by atoms with E-state index in [1.807, 2.05) is 49.9 Å². The first kappa shape index (κ1) is 20.9. The fraction of sp³-hybridized carbons (Fsp3) is 0.524. The molecular weight excluding hydrogens is 378 g/mol. The molecule has 3 rings (SSSR count). The summed E-state index contributed by atoms with van der Waals surface area (Å²) in [6, 6.07) is 9.60. The summed E-state index contributed by atoms with van der Waals surface area (Å²) < 4.78 is 35.3. The Kier molecular flexibility index (Phi) is 6.47. The van der Waals surface area contributed by atoms with Crippen molar-refractivity contribution in [2.75, 3.05) is 24.7 Å². The number of aryl methyl sites for hydroxylation is 3. The molecule has 0 aliphatic carbocycles. The predicted octanol–water partition coefficient (Wildman–Crippen LogP) is 2.63. The molecule has 2 aromatic rings. The van der Waals surface area contributed by atoms with Crippen LogP contribution < -0.4 is 4.74 Å². The highest BCUT2D eigenvalue weighted by Gasteiger charge is 2.33. The Labute approximate surface area is 167 Å². The van der Waals surface area contributed by atoms with Gasteiger partial charge >= 0.3 is 0 Å². The highest BCUT2D eigenvalue weighted by atomic mass is 32.2. The summed E-state index contributed by atoms with van der Waals surface area (Å²) in [6.07, 6.45) is -0.160. The van der Waals surface area contributed by atoms with Gasteiger partial charge in [-0.3, -0.25) is 4.90 Å². The average Bonchev–Trinajstić information content (AvgIpc) is 3.16. The smallest absolute Gasteiger partial charge is 0.151 e. The molecule has 0 radical (unpaired) electrons. The molecule has 1 N–H and O–H groups in total. The van der Waals surface area contributed by atoms with Crippen molar-refractivity contribution in [2.45, 2.75) is 45.9 Å². The van der Waals surface area contributed by atoms with Crippen LogP contribution in [-0.2, 0) is 16.4 Å². The highest BCUT2D eigenvalue weighted by Crippen LogP contribution is 2.22. The van der Waals surface area contributed by atoms with Gasteiger partial charge in [0.2, 0.25) is 0 Å². The number of hydrogen-bond donors (Lipinski definition) is 1. The number of furan rings is 1. The van der Waals surface area contributed by atoms with Gasteiger partial charge in [-0.15, -0.1) is 0 Å². The minimum atomic E-state index is -3.01. The molecule has 1 aliphatic heterocycles. The van der Waals surface area contributed by atoms with Crippen molar-refractivity contribution in [3.05, 3.63) is 53.0 Å². The van der Waals surface area contributed by atoms with E-state index in [2.05, 4.69) is 6.07 Å². The zero-order chi connectivity index (χ0) is 20.3. The second-order valence-electron chi connectivity index (χ2n) is 7.79. The normalized spacial score (nSPS) is 19.8. The molecule has 0 saturated carbocycles. The van der Waals surface area contributed by atoms with Crippen LogP contribution in [0, 0.1) is 20.8 Å². The summed E-state index contributed by atoms with van der Waals surface area (Å²) in [5, 5.41) is 10.5. The van der Waals surface area contributed by atoms with Crippen LogP contribution in [0.5, 0.6) is 5.75 Å². The van der Waals surface area contributed by atoms with Crippen LogP contribution in [0.15, 0.2) is 34.7 Å². The van der Waals surface area contributed by atoms with E-state index in [0.717, 1.165) is 28.4 Å². The fourth-order valence-electron chi connectivity index (χ4n) is 3.71. The molecule has 2 unspecified atom stereocenters. The topological polar surface area (TPSA) is 80.0 Å². The van der Waals surface area contributed by atoms with Gasteiger partial charge in [0.1, 0.15) is 30.0 Å². The van der Waals surface area contributed by atoms with Crippen molar-refractivity contribution >= 4 is 9.84 Å². The molecule has 28 heavy (non-hydrogen) atoms. The third-order valence-electron chi connectivity index (χ3n) is 4.96. The monoisotopic (exact) mass is 407 g/mol. The molecule has 1 aromatic heterocycles. The van der Waals surface area contributed by atoms with Gasteiger partial charge in [-0.05, 0) is 62.6 Å². The summed E-state index contributed by atoms with van der Waals surface area (Å²) >= 11 is 0. The van der Waals surface area contributed by atoms with E-state index in [4.69, 9.17) is 9.15 Å². The first-order valence-electron chi connectivity index (χ1n) is 9.59.